The fourth-order valence-electron chi connectivity index (χ4n) is 3.05. The molecule has 1 fully saturated rings. The second kappa shape index (κ2) is 11.3. The van der Waals surface area contributed by atoms with E-state index >= 15 is 0 Å². The number of ether oxygens (including phenoxy) is 3. The third-order valence-electron chi connectivity index (χ3n) is 4.68. The van der Waals surface area contributed by atoms with Gasteiger partial charge in [0.1, 0.15) is 18.1 Å². The highest BCUT2D eigenvalue weighted by Gasteiger charge is 2.16. The number of unbranched alkanes of at least 4 members (excludes halogenated alkanes) is 1. The first-order valence-corrected chi connectivity index (χ1v) is 10.3. The van der Waals surface area contributed by atoms with Gasteiger partial charge in [0.05, 0.1) is 24.9 Å². The Bertz CT molecular complexity index is 758. The van der Waals surface area contributed by atoms with Crippen molar-refractivity contribution in [2.24, 2.45) is 0 Å². The topological polar surface area (TPSA) is 68.8 Å². The number of hydrogen-bond acceptors (Lipinski definition) is 5. The maximum atomic E-state index is 12.3. The van der Waals surface area contributed by atoms with E-state index in [4.69, 9.17) is 14.2 Å². The third kappa shape index (κ3) is 6.98. The van der Waals surface area contributed by atoms with Gasteiger partial charge in [0.2, 0.25) is 5.91 Å². The van der Waals surface area contributed by atoms with Crippen molar-refractivity contribution in [1.29, 1.82) is 0 Å². The number of benzene rings is 2. The highest BCUT2D eigenvalue weighted by atomic mass is 16.5. The fraction of sp³-hybridized carbons (Fsp3) is 0.435. The molecule has 1 aliphatic rings. The molecule has 2 N–H and O–H groups in total. The molecule has 0 radical (unpaired) electrons. The normalized spacial score (nSPS) is 15.7. The molecule has 1 unspecified atom stereocenters. The molecule has 3 rings (SSSR count). The van der Waals surface area contributed by atoms with E-state index < -0.39 is 0 Å². The predicted molar refractivity (Wildman–Crippen MR) is 115 cm³/mol. The second-order valence-corrected chi connectivity index (χ2v) is 7.07. The van der Waals surface area contributed by atoms with Crippen LogP contribution in [0.15, 0.2) is 48.5 Å². The maximum Gasteiger partial charge on any atom is 0.243 e. The number of hydrogen-bond donors (Lipinski definition) is 2. The van der Waals surface area contributed by atoms with E-state index in [1.54, 1.807) is 0 Å². The van der Waals surface area contributed by atoms with Crippen LogP contribution in [0.25, 0.3) is 0 Å². The van der Waals surface area contributed by atoms with E-state index in [1.165, 1.54) is 0 Å². The number of carbonyl (C=O) groups excluding carboxylic acids is 1. The molecule has 0 aliphatic carbocycles. The van der Waals surface area contributed by atoms with Gasteiger partial charge >= 0.3 is 0 Å². The predicted octanol–water partition coefficient (Wildman–Crippen LogP) is 4.47. The maximum absolute atomic E-state index is 12.3. The molecule has 6 nitrogen and oxygen atoms in total. The molecule has 0 spiro atoms. The number of para-hydroxylation sites is 2. The molecular weight excluding hydrogens is 368 g/mol. The first-order valence-electron chi connectivity index (χ1n) is 10.3. The lowest BCUT2D eigenvalue weighted by molar-refractivity contribution is -0.114. The number of carbonyl (C=O) groups is 1. The lowest BCUT2D eigenvalue weighted by Gasteiger charge is -2.13. The number of amides is 1. The fourth-order valence-corrected chi connectivity index (χ4v) is 3.05. The van der Waals surface area contributed by atoms with Gasteiger partial charge in [-0.25, -0.2) is 0 Å². The van der Waals surface area contributed by atoms with Gasteiger partial charge in [-0.3, -0.25) is 4.79 Å². The average molecular weight is 399 g/mol. The zero-order valence-corrected chi connectivity index (χ0v) is 17.0. The summed E-state index contributed by atoms with van der Waals surface area (Å²) < 4.78 is 17.1. The molecule has 1 atom stereocenters. The summed E-state index contributed by atoms with van der Waals surface area (Å²) in [6, 6.07) is 15.1. The van der Waals surface area contributed by atoms with Gasteiger partial charge in [0.25, 0.3) is 0 Å². The molecule has 156 valence electrons. The smallest absolute Gasteiger partial charge is 0.243 e. The summed E-state index contributed by atoms with van der Waals surface area (Å²) in [5, 5.41) is 6.03. The van der Waals surface area contributed by atoms with Crippen molar-refractivity contribution in [2.45, 2.75) is 38.7 Å². The second-order valence-electron chi connectivity index (χ2n) is 7.07. The van der Waals surface area contributed by atoms with Crippen molar-refractivity contribution in [3.8, 4) is 11.5 Å². The van der Waals surface area contributed by atoms with E-state index in [2.05, 4.69) is 17.6 Å². The van der Waals surface area contributed by atoms with Crippen LogP contribution in [0.1, 0.15) is 32.6 Å². The van der Waals surface area contributed by atoms with Gasteiger partial charge in [-0.1, -0.05) is 25.5 Å². The monoisotopic (exact) mass is 398 g/mol. The molecule has 29 heavy (non-hydrogen) atoms. The molecular formula is C23H30N2O4. The Labute approximate surface area is 172 Å². The average Bonchev–Trinajstić information content (AvgIpc) is 3.26. The number of anilines is 2. The van der Waals surface area contributed by atoms with Crippen LogP contribution in [0.2, 0.25) is 0 Å². The van der Waals surface area contributed by atoms with Gasteiger partial charge in [-0.2, -0.15) is 0 Å². The van der Waals surface area contributed by atoms with Crippen molar-refractivity contribution >= 4 is 17.3 Å². The SMILES string of the molecule is CCCCOc1ccccc1NCC(=O)Nc1ccc(OCC2CCCO2)cc1. The molecule has 1 saturated heterocycles. The van der Waals surface area contributed by atoms with Gasteiger partial charge < -0.3 is 24.8 Å². The minimum Gasteiger partial charge on any atom is -0.491 e. The van der Waals surface area contributed by atoms with Crippen LogP contribution in [0.4, 0.5) is 11.4 Å². The van der Waals surface area contributed by atoms with E-state index in [1.807, 2.05) is 48.5 Å². The molecule has 1 heterocycles. The highest BCUT2D eigenvalue weighted by molar-refractivity contribution is 5.94. The molecule has 6 heteroatoms. The Kier molecular flexibility index (Phi) is 8.19. The van der Waals surface area contributed by atoms with Crippen molar-refractivity contribution in [2.75, 3.05) is 37.0 Å². The minimum absolute atomic E-state index is 0.124. The van der Waals surface area contributed by atoms with Gasteiger partial charge in [0.15, 0.2) is 0 Å². The molecule has 0 saturated carbocycles. The number of nitrogens with one attached hydrogen (secondary N) is 2. The summed E-state index contributed by atoms with van der Waals surface area (Å²) in [7, 11) is 0. The van der Waals surface area contributed by atoms with Crippen molar-refractivity contribution in [3.63, 3.8) is 0 Å². The minimum atomic E-state index is -0.124. The standard InChI is InChI=1S/C23H30N2O4/c1-2-3-14-28-22-9-5-4-8-21(22)24-16-23(26)25-18-10-12-19(13-11-18)29-17-20-7-6-15-27-20/h4-5,8-13,20,24H,2-3,6-7,14-17H2,1H3,(H,25,26). The zero-order chi connectivity index (χ0) is 20.3. The summed E-state index contributed by atoms with van der Waals surface area (Å²) in [6.45, 7) is 4.34. The van der Waals surface area contributed by atoms with Crippen LogP contribution in [-0.2, 0) is 9.53 Å². The molecule has 2 aromatic rings. The summed E-state index contributed by atoms with van der Waals surface area (Å²) in [5.41, 5.74) is 1.55. The van der Waals surface area contributed by atoms with Crippen LogP contribution >= 0.6 is 0 Å². The van der Waals surface area contributed by atoms with E-state index in [0.29, 0.717) is 13.2 Å². The van der Waals surface area contributed by atoms with Crippen LogP contribution in [0, 0.1) is 0 Å². The summed E-state index contributed by atoms with van der Waals surface area (Å²) in [6.07, 6.45) is 4.42. The molecule has 1 aliphatic heterocycles. The van der Waals surface area contributed by atoms with Crippen molar-refractivity contribution in [3.05, 3.63) is 48.5 Å². The summed E-state index contributed by atoms with van der Waals surface area (Å²) in [4.78, 5) is 12.3. The summed E-state index contributed by atoms with van der Waals surface area (Å²) >= 11 is 0. The van der Waals surface area contributed by atoms with Gasteiger partial charge in [-0.05, 0) is 55.7 Å². The molecule has 0 bridgehead atoms. The Hall–Kier alpha value is -2.73. The molecule has 2 aromatic carbocycles. The number of rotatable bonds is 11. The lowest BCUT2D eigenvalue weighted by atomic mass is 10.2. The van der Waals surface area contributed by atoms with Crippen LogP contribution < -0.4 is 20.1 Å². The van der Waals surface area contributed by atoms with Gasteiger partial charge in [0, 0.05) is 12.3 Å². The largest absolute Gasteiger partial charge is 0.491 e. The first kappa shape index (κ1) is 21.0. The third-order valence-corrected chi connectivity index (χ3v) is 4.68. The van der Waals surface area contributed by atoms with Crippen LogP contribution in [0.5, 0.6) is 11.5 Å². The first-order chi connectivity index (χ1) is 14.2. The lowest BCUT2D eigenvalue weighted by Crippen LogP contribution is -2.22. The zero-order valence-electron chi connectivity index (χ0n) is 17.0. The Balaban J connectivity index is 1.43. The van der Waals surface area contributed by atoms with Crippen molar-refractivity contribution < 1.29 is 19.0 Å². The van der Waals surface area contributed by atoms with Crippen LogP contribution in [-0.4, -0.2) is 38.4 Å². The quantitative estimate of drug-likeness (QED) is 0.547. The summed E-state index contributed by atoms with van der Waals surface area (Å²) in [5.74, 6) is 1.41. The highest BCUT2D eigenvalue weighted by Crippen LogP contribution is 2.24. The van der Waals surface area contributed by atoms with Crippen LogP contribution in [0.3, 0.4) is 0 Å². The van der Waals surface area contributed by atoms with E-state index in [9.17, 15) is 4.79 Å². The van der Waals surface area contributed by atoms with Crippen molar-refractivity contribution in [1.82, 2.24) is 0 Å². The van der Waals surface area contributed by atoms with E-state index in [0.717, 1.165) is 55.2 Å². The molecule has 1 amide bonds. The molecule has 0 aromatic heterocycles. The van der Waals surface area contributed by atoms with E-state index in [-0.39, 0.29) is 18.6 Å². The Morgan fingerprint density at radius 1 is 1.14 bits per heavy atom. The van der Waals surface area contributed by atoms with Gasteiger partial charge in [-0.15, -0.1) is 0 Å². The Morgan fingerprint density at radius 2 is 1.97 bits per heavy atom. The Morgan fingerprint density at radius 3 is 2.72 bits per heavy atom.